The molecule has 140 valence electrons. The quantitative estimate of drug-likeness (QED) is 0.570. The summed E-state index contributed by atoms with van der Waals surface area (Å²) in [6, 6.07) is 19.3. The molecule has 0 radical (unpaired) electrons. The van der Waals surface area contributed by atoms with Gasteiger partial charge in [-0.2, -0.15) is 0 Å². The van der Waals surface area contributed by atoms with Crippen molar-refractivity contribution < 1.29 is 4.79 Å². The molecule has 0 saturated heterocycles. The van der Waals surface area contributed by atoms with Gasteiger partial charge in [0.05, 0.1) is 5.69 Å². The van der Waals surface area contributed by atoms with Crippen molar-refractivity contribution in [3.63, 3.8) is 0 Å². The zero-order valence-corrected chi connectivity index (χ0v) is 16.2. The molecule has 0 bridgehead atoms. The molecule has 0 unspecified atom stereocenters. The Balaban J connectivity index is 1.58. The molecular formula is C23H22N4O. The van der Waals surface area contributed by atoms with Crippen molar-refractivity contribution in [2.45, 2.75) is 6.92 Å². The summed E-state index contributed by atoms with van der Waals surface area (Å²) in [5.41, 5.74) is 6.32. The number of nitrogens with one attached hydrogen (secondary N) is 1. The largest absolute Gasteiger partial charge is 0.378 e. The number of carbonyl (C=O) groups excluding carboxylic acids is 1. The smallest absolute Gasteiger partial charge is 0.255 e. The third-order valence-electron chi connectivity index (χ3n) is 4.74. The van der Waals surface area contributed by atoms with Gasteiger partial charge < -0.3 is 14.6 Å². The molecule has 0 saturated carbocycles. The van der Waals surface area contributed by atoms with Crippen molar-refractivity contribution in [2.24, 2.45) is 0 Å². The SMILES string of the molecule is Cc1cccn2cc(-c3cccc(NC(=O)c4ccc(N(C)C)cc4)c3)nc12. The number of imidazole rings is 1. The number of nitrogens with zero attached hydrogens (tertiary/aromatic N) is 3. The standard InChI is InChI=1S/C23H22N4O/c1-16-6-5-13-27-15-21(25-22(16)27)18-7-4-8-19(14-18)24-23(28)17-9-11-20(12-10-17)26(2)3/h4-15H,1-3H3,(H,24,28). The third-order valence-corrected chi connectivity index (χ3v) is 4.74. The highest BCUT2D eigenvalue weighted by atomic mass is 16.1. The van der Waals surface area contributed by atoms with E-state index in [1.807, 2.05) is 103 Å². The predicted octanol–water partition coefficient (Wildman–Crippen LogP) is 4.63. The fourth-order valence-electron chi connectivity index (χ4n) is 3.16. The third kappa shape index (κ3) is 3.47. The summed E-state index contributed by atoms with van der Waals surface area (Å²) < 4.78 is 2.02. The summed E-state index contributed by atoms with van der Waals surface area (Å²) in [6.45, 7) is 2.05. The molecule has 28 heavy (non-hydrogen) atoms. The number of pyridine rings is 1. The average Bonchev–Trinajstić information content (AvgIpc) is 3.14. The Morgan fingerprint density at radius 1 is 1.04 bits per heavy atom. The van der Waals surface area contributed by atoms with Crippen LogP contribution in [-0.4, -0.2) is 29.4 Å². The van der Waals surface area contributed by atoms with Crippen LogP contribution in [0.2, 0.25) is 0 Å². The average molecular weight is 370 g/mol. The van der Waals surface area contributed by atoms with E-state index in [4.69, 9.17) is 4.98 Å². The Morgan fingerprint density at radius 3 is 2.54 bits per heavy atom. The summed E-state index contributed by atoms with van der Waals surface area (Å²) in [5.74, 6) is -0.131. The number of aryl methyl sites for hydroxylation is 1. The number of hydrogen-bond acceptors (Lipinski definition) is 3. The highest BCUT2D eigenvalue weighted by Gasteiger charge is 2.10. The van der Waals surface area contributed by atoms with Crippen LogP contribution in [0.15, 0.2) is 73.1 Å². The Hall–Kier alpha value is -3.60. The zero-order chi connectivity index (χ0) is 19.7. The Kier molecular flexibility index (Phi) is 4.57. The Bertz CT molecular complexity index is 1140. The molecule has 5 nitrogen and oxygen atoms in total. The molecular weight excluding hydrogens is 348 g/mol. The van der Waals surface area contributed by atoms with Crippen molar-refractivity contribution in [2.75, 3.05) is 24.3 Å². The van der Waals surface area contributed by atoms with Crippen LogP contribution in [0, 0.1) is 6.92 Å². The minimum absolute atomic E-state index is 0.131. The molecule has 0 aliphatic rings. The van der Waals surface area contributed by atoms with Gasteiger partial charge in [-0.25, -0.2) is 4.98 Å². The molecule has 1 amide bonds. The van der Waals surface area contributed by atoms with Gasteiger partial charge in [0, 0.05) is 49.0 Å². The zero-order valence-electron chi connectivity index (χ0n) is 16.2. The summed E-state index contributed by atoms with van der Waals surface area (Å²) in [5, 5.41) is 2.98. The fraction of sp³-hybridized carbons (Fsp3) is 0.130. The summed E-state index contributed by atoms with van der Waals surface area (Å²) >= 11 is 0. The topological polar surface area (TPSA) is 49.6 Å². The lowest BCUT2D eigenvalue weighted by atomic mass is 10.1. The van der Waals surface area contributed by atoms with E-state index in [2.05, 4.69) is 5.32 Å². The number of aromatic nitrogens is 2. The van der Waals surface area contributed by atoms with Crippen molar-refractivity contribution in [1.82, 2.24) is 9.38 Å². The second-order valence-corrected chi connectivity index (χ2v) is 7.02. The van der Waals surface area contributed by atoms with E-state index < -0.39 is 0 Å². The number of rotatable bonds is 4. The molecule has 0 fully saturated rings. The number of benzene rings is 2. The molecule has 0 atom stereocenters. The molecule has 0 aliphatic carbocycles. The highest BCUT2D eigenvalue weighted by Crippen LogP contribution is 2.24. The van der Waals surface area contributed by atoms with E-state index >= 15 is 0 Å². The molecule has 0 aliphatic heterocycles. The lowest BCUT2D eigenvalue weighted by Gasteiger charge is -2.12. The first-order valence-electron chi connectivity index (χ1n) is 9.15. The van der Waals surface area contributed by atoms with Gasteiger partial charge in [0.2, 0.25) is 0 Å². The maximum Gasteiger partial charge on any atom is 0.255 e. The first-order chi connectivity index (χ1) is 13.5. The van der Waals surface area contributed by atoms with E-state index in [1.165, 1.54) is 0 Å². The number of carbonyl (C=O) groups is 1. The van der Waals surface area contributed by atoms with E-state index in [0.717, 1.165) is 33.8 Å². The van der Waals surface area contributed by atoms with E-state index in [1.54, 1.807) is 0 Å². The van der Waals surface area contributed by atoms with Gasteiger partial charge in [-0.3, -0.25) is 4.79 Å². The fourth-order valence-corrected chi connectivity index (χ4v) is 3.16. The number of anilines is 2. The molecule has 4 aromatic rings. The lowest BCUT2D eigenvalue weighted by Crippen LogP contribution is -2.13. The molecule has 0 spiro atoms. The summed E-state index contributed by atoms with van der Waals surface area (Å²) in [4.78, 5) is 19.3. The Morgan fingerprint density at radius 2 is 1.82 bits per heavy atom. The second-order valence-electron chi connectivity index (χ2n) is 7.02. The summed E-state index contributed by atoms with van der Waals surface area (Å²) in [6.07, 6.45) is 3.99. The van der Waals surface area contributed by atoms with E-state index in [0.29, 0.717) is 5.56 Å². The lowest BCUT2D eigenvalue weighted by molar-refractivity contribution is 0.102. The van der Waals surface area contributed by atoms with Gasteiger partial charge in [-0.15, -0.1) is 0 Å². The van der Waals surface area contributed by atoms with Gasteiger partial charge >= 0.3 is 0 Å². The molecule has 5 heteroatoms. The van der Waals surface area contributed by atoms with Crippen LogP contribution in [0.5, 0.6) is 0 Å². The van der Waals surface area contributed by atoms with Crippen LogP contribution < -0.4 is 10.2 Å². The van der Waals surface area contributed by atoms with Gasteiger partial charge in [0.25, 0.3) is 5.91 Å². The number of hydrogen-bond donors (Lipinski definition) is 1. The van der Waals surface area contributed by atoms with Gasteiger partial charge in [-0.1, -0.05) is 18.2 Å². The van der Waals surface area contributed by atoms with Crippen LogP contribution in [0.25, 0.3) is 16.9 Å². The van der Waals surface area contributed by atoms with Crippen LogP contribution in [0.3, 0.4) is 0 Å². The van der Waals surface area contributed by atoms with Gasteiger partial charge in [-0.05, 0) is 55.0 Å². The molecule has 2 aromatic heterocycles. The van der Waals surface area contributed by atoms with E-state index in [-0.39, 0.29) is 5.91 Å². The molecule has 2 heterocycles. The normalized spacial score (nSPS) is 10.8. The summed E-state index contributed by atoms with van der Waals surface area (Å²) in [7, 11) is 3.95. The van der Waals surface area contributed by atoms with Crippen LogP contribution in [0.1, 0.15) is 15.9 Å². The van der Waals surface area contributed by atoms with Gasteiger partial charge in [0.15, 0.2) is 0 Å². The van der Waals surface area contributed by atoms with Crippen molar-refractivity contribution in [3.05, 3.63) is 84.2 Å². The second kappa shape index (κ2) is 7.19. The Labute approximate surface area is 164 Å². The van der Waals surface area contributed by atoms with Crippen molar-refractivity contribution in [1.29, 1.82) is 0 Å². The van der Waals surface area contributed by atoms with E-state index in [9.17, 15) is 4.79 Å². The van der Waals surface area contributed by atoms with Gasteiger partial charge in [0.1, 0.15) is 5.65 Å². The molecule has 1 N–H and O–H groups in total. The number of amides is 1. The first-order valence-corrected chi connectivity index (χ1v) is 9.15. The van der Waals surface area contributed by atoms with Crippen molar-refractivity contribution in [3.8, 4) is 11.3 Å². The maximum atomic E-state index is 12.6. The predicted molar refractivity (Wildman–Crippen MR) is 114 cm³/mol. The minimum atomic E-state index is -0.131. The van der Waals surface area contributed by atoms with Crippen LogP contribution >= 0.6 is 0 Å². The monoisotopic (exact) mass is 370 g/mol. The molecule has 4 rings (SSSR count). The molecule has 2 aromatic carbocycles. The number of fused-ring (bicyclic) bond motifs is 1. The highest BCUT2D eigenvalue weighted by molar-refractivity contribution is 6.04. The first kappa shape index (κ1) is 17.8. The van der Waals surface area contributed by atoms with Crippen molar-refractivity contribution >= 4 is 22.9 Å². The van der Waals surface area contributed by atoms with Crippen LogP contribution in [-0.2, 0) is 0 Å². The minimum Gasteiger partial charge on any atom is -0.378 e. The van der Waals surface area contributed by atoms with Crippen LogP contribution in [0.4, 0.5) is 11.4 Å². The maximum absolute atomic E-state index is 12.6.